The number of nitrogens with zero attached hydrogens (tertiary/aromatic N) is 1. The Balaban J connectivity index is 1.93. The Bertz CT molecular complexity index is 578. The van der Waals surface area contributed by atoms with Gasteiger partial charge in [0.2, 0.25) is 5.91 Å². The lowest BCUT2D eigenvalue weighted by Gasteiger charge is -2.16. The molecule has 4 heteroatoms. The number of hydrogen-bond acceptors (Lipinski definition) is 3. The van der Waals surface area contributed by atoms with Crippen LogP contribution in [0.25, 0.3) is 10.1 Å². The Morgan fingerprint density at radius 3 is 3.11 bits per heavy atom. The summed E-state index contributed by atoms with van der Waals surface area (Å²) in [5, 5.41) is 6.64. The second-order valence-electron chi connectivity index (χ2n) is 4.58. The molecule has 3 nitrogen and oxygen atoms in total. The lowest BCUT2D eigenvalue weighted by Crippen LogP contribution is -2.32. The molecule has 1 fully saturated rings. The van der Waals surface area contributed by atoms with Gasteiger partial charge in [0, 0.05) is 34.5 Å². The molecular formula is C14H16N2OS. The van der Waals surface area contributed by atoms with Crippen molar-refractivity contribution in [1.82, 2.24) is 5.32 Å². The normalized spacial score (nSPS) is 19.9. The number of hydrogen-bond donors (Lipinski definition) is 1. The van der Waals surface area contributed by atoms with Crippen LogP contribution in [-0.4, -0.2) is 25.0 Å². The zero-order valence-electron chi connectivity index (χ0n) is 10.3. The monoisotopic (exact) mass is 260 g/mol. The van der Waals surface area contributed by atoms with Crippen LogP contribution in [0.5, 0.6) is 0 Å². The minimum atomic E-state index is 0.226. The summed E-state index contributed by atoms with van der Waals surface area (Å²) >= 11 is 1.70. The van der Waals surface area contributed by atoms with Crippen molar-refractivity contribution in [2.45, 2.75) is 19.4 Å². The third kappa shape index (κ3) is 1.91. The van der Waals surface area contributed by atoms with Crippen LogP contribution in [0.3, 0.4) is 0 Å². The first-order chi connectivity index (χ1) is 8.79. The van der Waals surface area contributed by atoms with Gasteiger partial charge in [-0.2, -0.15) is 0 Å². The van der Waals surface area contributed by atoms with Gasteiger partial charge in [-0.1, -0.05) is 25.1 Å². The Kier molecular flexibility index (Phi) is 3.06. The van der Waals surface area contributed by atoms with E-state index in [0.29, 0.717) is 12.5 Å². The first kappa shape index (κ1) is 11.7. The standard InChI is InChI=1S/C14H16N2OS/c1-2-15-10-7-14(17)16(8-10)12-9-18-13-6-4-3-5-11(12)13/h3-6,9-10,15H,2,7-8H2,1H3. The Morgan fingerprint density at radius 1 is 1.44 bits per heavy atom. The molecule has 1 amide bonds. The average Bonchev–Trinajstić information content (AvgIpc) is 2.93. The van der Waals surface area contributed by atoms with Gasteiger partial charge in [-0.15, -0.1) is 11.3 Å². The van der Waals surface area contributed by atoms with Crippen molar-refractivity contribution in [2.24, 2.45) is 0 Å². The molecule has 1 aliphatic rings. The van der Waals surface area contributed by atoms with Crippen LogP contribution in [0.4, 0.5) is 5.69 Å². The van der Waals surface area contributed by atoms with Gasteiger partial charge in [0.25, 0.3) is 0 Å². The number of thiophene rings is 1. The minimum absolute atomic E-state index is 0.226. The van der Waals surface area contributed by atoms with Gasteiger partial charge in [-0.3, -0.25) is 4.79 Å². The maximum atomic E-state index is 12.1. The predicted octanol–water partition coefficient (Wildman–Crippen LogP) is 2.62. The summed E-state index contributed by atoms with van der Waals surface area (Å²) in [6, 6.07) is 8.55. The molecule has 1 aliphatic heterocycles. The van der Waals surface area contributed by atoms with Gasteiger partial charge in [0.05, 0.1) is 5.69 Å². The maximum Gasteiger partial charge on any atom is 0.228 e. The molecule has 94 valence electrons. The zero-order chi connectivity index (χ0) is 12.5. The van der Waals surface area contributed by atoms with Crippen LogP contribution in [-0.2, 0) is 4.79 Å². The number of likely N-dealkylation sites (N-methyl/N-ethyl adjacent to an activating group) is 1. The number of rotatable bonds is 3. The number of fused-ring (bicyclic) bond motifs is 1. The number of nitrogens with one attached hydrogen (secondary N) is 1. The van der Waals surface area contributed by atoms with Crippen LogP contribution < -0.4 is 10.2 Å². The Hall–Kier alpha value is -1.39. The third-order valence-electron chi connectivity index (χ3n) is 3.37. The molecule has 2 aromatic rings. The predicted molar refractivity (Wildman–Crippen MR) is 76.3 cm³/mol. The molecule has 1 atom stereocenters. The van der Waals surface area contributed by atoms with Crippen LogP contribution in [0, 0.1) is 0 Å². The Morgan fingerprint density at radius 2 is 2.28 bits per heavy atom. The van der Waals surface area contributed by atoms with E-state index in [1.54, 1.807) is 11.3 Å². The van der Waals surface area contributed by atoms with E-state index in [9.17, 15) is 4.79 Å². The largest absolute Gasteiger partial charge is 0.312 e. The van der Waals surface area contributed by atoms with E-state index in [0.717, 1.165) is 18.8 Å². The molecule has 1 unspecified atom stereocenters. The van der Waals surface area contributed by atoms with E-state index in [4.69, 9.17) is 0 Å². The van der Waals surface area contributed by atoms with Gasteiger partial charge in [-0.05, 0) is 12.6 Å². The second-order valence-corrected chi connectivity index (χ2v) is 5.49. The summed E-state index contributed by atoms with van der Waals surface area (Å²) in [5.74, 6) is 0.226. The highest BCUT2D eigenvalue weighted by atomic mass is 32.1. The van der Waals surface area contributed by atoms with Crippen molar-refractivity contribution in [3.8, 4) is 0 Å². The van der Waals surface area contributed by atoms with Crippen LogP contribution in [0.15, 0.2) is 29.6 Å². The van der Waals surface area contributed by atoms with Crippen LogP contribution in [0.1, 0.15) is 13.3 Å². The van der Waals surface area contributed by atoms with Crippen LogP contribution >= 0.6 is 11.3 Å². The van der Waals surface area contributed by atoms with Gasteiger partial charge in [-0.25, -0.2) is 0 Å². The van der Waals surface area contributed by atoms with Gasteiger partial charge in [0.1, 0.15) is 0 Å². The molecule has 1 aromatic carbocycles. The number of carbonyl (C=O) groups excluding carboxylic acids is 1. The van der Waals surface area contributed by atoms with Crippen molar-refractivity contribution >= 4 is 33.0 Å². The third-order valence-corrected chi connectivity index (χ3v) is 4.32. The fourth-order valence-electron chi connectivity index (χ4n) is 2.54. The molecular weight excluding hydrogens is 244 g/mol. The highest BCUT2D eigenvalue weighted by Crippen LogP contribution is 2.34. The highest BCUT2D eigenvalue weighted by Gasteiger charge is 2.31. The molecule has 0 spiro atoms. The molecule has 3 rings (SSSR count). The van der Waals surface area contributed by atoms with Crippen molar-refractivity contribution in [3.05, 3.63) is 29.6 Å². The SMILES string of the molecule is CCNC1CC(=O)N(c2csc3ccccc23)C1. The molecule has 2 heterocycles. The van der Waals surface area contributed by atoms with E-state index >= 15 is 0 Å². The zero-order valence-corrected chi connectivity index (χ0v) is 11.2. The number of anilines is 1. The average molecular weight is 260 g/mol. The van der Waals surface area contributed by atoms with Crippen molar-refractivity contribution < 1.29 is 4.79 Å². The van der Waals surface area contributed by atoms with E-state index < -0.39 is 0 Å². The van der Waals surface area contributed by atoms with Crippen molar-refractivity contribution in [1.29, 1.82) is 0 Å². The van der Waals surface area contributed by atoms with E-state index in [-0.39, 0.29) is 5.91 Å². The van der Waals surface area contributed by atoms with Gasteiger partial charge < -0.3 is 10.2 Å². The van der Waals surface area contributed by atoms with Crippen molar-refractivity contribution in [3.63, 3.8) is 0 Å². The van der Waals surface area contributed by atoms with E-state index in [1.165, 1.54) is 10.1 Å². The van der Waals surface area contributed by atoms with E-state index in [2.05, 4.69) is 29.8 Å². The fraction of sp³-hybridized carbons (Fsp3) is 0.357. The lowest BCUT2D eigenvalue weighted by atomic mass is 10.2. The minimum Gasteiger partial charge on any atom is -0.312 e. The first-order valence-electron chi connectivity index (χ1n) is 6.29. The number of carbonyl (C=O) groups is 1. The molecule has 1 N–H and O–H groups in total. The molecule has 1 saturated heterocycles. The Labute approximate surface area is 110 Å². The van der Waals surface area contributed by atoms with Crippen molar-refractivity contribution in [2.75, 3.05) is 18.0 Å². The first-order valence-corrected chi connectivity index (χ1v) is 7.17. The summed E-state index contributed by atoms with van der Waals surface area (Å²) < 4.78 is 1.24. The number of benzene rings is 1. The molecule has 0 saturated carbocycles. The molecule has 1 aromatic heterocycles. The summed E-state index contributed by atoms with van der Waals surface area (Å²) in [5.41, 5.74) is 1.07. The summed E-state index contributed by atoms with van der Waals surface area (Å²) in [6.07, 6.45) is 0.609. The number of amides is 1. The smallest absolute Gasteiger partial charge is 0.228 e. The van der Waals surface area contributed by atoms with Gasteiger partial charge in [0.15, 0.2) is 0 Å². The summed E-state index contributed by atoms with van der Waals surface area (Å²) in [4.78, 5) is 14.0. The van der Waals surface area contributed by atoms with Crippen LogP contribution in [0.2, 0.25) is 0 Å². The molecule has 0 radical (unpaired) electrons. The molecule has 0 aliphatic carbocycles. The fourth-order valence-corrected chi connectivity index (χ4v) is 3.49. The maximum absolute atomic E-state index is 12.1. The van der Waals surface area contributed by atoms with Gasteiger partial charge >= 0.3 is 0 Å². The molecule has 0 bridgehead atoms. The summed E-state index contributed by atoms with van der Waals surface area (Å²) in [7, 11) is 0. The summed E-state index contributed by atoms with van der Waals surface area (Å²) in [6.45, 7) is 3.77. The quantitative estimate of drug-likeness (QED) is 0.920. The highest BCUT2D eigenvalue weighted by molar-refractivity contribution is 7.17. The molecule has 18 heavy (non-hydrogen) atoms. The topological polar surface area (TPSA) is 32.3 Å². The second kappa shape index (κ2) is 4.71. The lowest BCUT2D eigenvalue weighted by molar-refractivity contribution is -0.117. The van der Waals surface area contributed by atoms with E-state index in [1.807, 2.05) is 17.0 Å².